The molecule has 96 valence electrons. The minimum Gasteiger partial charge on any atom is -0.334 e. The number of hydrogen-bond acceptors (Lipinski definition) is 5. The van der Waals surface area contributed by atoms with E-state index in [1.54, 1.807) is 11.8 Å². The van der Waals surface area contributed by atoms with Crippen LogP contribution in [0.4, 0.5) is 0 Å². The molecule has 0 aliphatic carbocycles. The van der Waals surface area contributed by atoms with Gasteiger partial charge in [-0.25, -0.2) is 0 Å². The molecular weight excluding hydrogens is 246 g/mol. The van der Waals surface area contributed by atoms with E-state index in [4.69, 9.17) is 10.3 Å². The molecule has 0 spiro atoms. The largest absolute Gasteiger partial charge is 0.334 e. The molecule has 2 aromatic rings. The van der Waals surface area contributed by atoms with E-state index in [9.17, 15) is 0 Å². The van der Waals surface area contributed by atoms with Gasteiger partial charge < -0.3 is 10.3 Å². The normalized spacial score (nSPS) is 10.8. The van der Waals surface area contributed by atoms with Crippen molar-refractivity contribution >= 4 is 11.8 Å². The van der Waals surface area contributed by atoms with Crippen molar-refractivity contribution in [3.8, 4) is 11.5 Å². The average molecular weight is 263 g/mol. The van der Waals surface area contributed by atoms with E-state index in [-0.39, 0.29) is 0 Å². The monoisotopic (exact) mass is 263 g/mol. The molecule has 0 fully saturated rings. The molecule has 5 heteroatoms. The van der Waals surface area contributed by atoms with Crippen molar-refractivity contribution in [2.75, 3.05) is 12.3 Å². The van der Waals surface area contributed by atoms with Crippen molar-refractivity contribution in [3.63, 3.8) is 0 Å². The summed E-state index contributed by atoms with van der Waals surface area (Å²) in [5.74, 6) is 3.18. The quantitative estimate of drug-likeness (QED) is 0.867. The molecule has 1 aromatic carbocycles. The Morgan fingerprint density at radius 2 is 2.28 bits per heavy atom. The fraction of sp³-hybridized carbons (Fsp3) is 0.385. The topological polar surface area (TPSA) is 64.9 Å². The van der Waals surface area contributed by atoms with Gasteiger partial charge in [0.2, 0.25) is 0 Å². The minimum atomic E-state index is 0.584. The summed E-state index contributed by atoms with van der Waals surface area (Å²) in [7, 11) is 0. The van der Waals surface area contributed by atoms with Crippen molar-refractivity contribution < 1.29 is 4.52 Å². The number of aromatic nitrogens is 2. The highest BCUT2D eigenvalue weighted by molar-refractivity contribution is 7.98. The lowest BCUT2D eigenvalue weighted by Crippen LogP contribution is -2.02. The zero-order chi connectivity index (χ0) is 12.8. The summed E-state index contributed by atoms with van der Waals surface area (Å²) in [4.78, 5) is 4.39. The Morgan fingerprint density at radius 3 is 3.06 bits per heavy atom. The Balaban J connectivity index is 2.15. The minimum absolute atomic E-state index is 0.584. The van der Waals surface area contributed by atoms with E-state index in [0.717, 1.165) is 29.3 Å². The van der Waals surface area contributed by atoms with E-state index < -0.39 is 0 Å². The molecule has 1 heterocycles. The molecule has 0 aliphatic rings. The molecule has 1 aromatic heterocycles. The SMILES string of the molecule is CCSCc1noc(-c2cccc(CCN)c2)n1. The van der Waals surface area contributed by atoms with Gasteiger partial charge in [0.15, 0.2) is 5.82 Å². The van der Waals surface area contributed by atoms with Gasteiger partial charge in [-0.15, -0.1) is 0 Å². The van der Waals surface area contributed by atoms with E-state index in [2.05, 4.69) is 29.2 Å². The molecule has 0 amide bonds. The number of rotatable bonds is 6. The van der Waals surface area contributed by atoms with Crippen LogP contribution in [0, 0.1) is 0 Å². The Kier molecular flexibility index (Phi) is 4.78. The molecule has 0 saturated carbocycles. The fourth-order valence-electron chi connectivity index (χ4n) is 1.65. The van der Waals surface area contributed by atoms with Gasteiger partial charge in [0.25, 0.3) is 5.89 Å². The van der Waals surface area contributed by atoms with Gasteiger partial charge in [-0.2, -0.15) is 16.7 Å². The molecule has 18 heavy (non-hydrogen) atoms. The Morgan fingerprint density at radius 1 is 1.39 bits per heavy atom. The molecule has 4 nitrogen and oxygen atoms in total. The summed E-state index contributed by atoms with van der Waals surface area (Å²) >= 11 is 1.78. The maximum atomic E-state index is 5.55. The van der Waals surface area contributed by atoms with Crippen LogP contribution >= 0.6 is 11.8 Å². The molecule has 0 unspecified atom stereocenters. The number of benzene rings is 1. The number of nitrogens with zero attached hydrogens (tertiary/aromatic N) is 2. The first-order valence-electron chi connectivity index (χ1n) is 6.03. The van der Waals surface area contributed by atoms with Crippen molar-refractivity contribution in [1.82, 2.24) is 10.1 Å². The second-order valence-corrected chi connectivity index (χ2v) is 5.17. The molecular formula is C13H17N3OS. The van der Waals surface area contributed by atoms with Crippen molar-refractivity contribution in [3.05, 3.63) is 35.7 Å². The first-order valence-corrected chi connectivity index (χ1v) is 7.18. The smallest absolute Gasteiger partial charge is 0.257 e. The third-order valence-corrected chi connectivity index (χ3v) is 3.38. The lowest BCUT2D eigenvalue weighted by molar-refractivity contribution is 0.425. The number of hydrogen-bond donors (Lipinski definition) is 1. The molecule has 2 rings (SSSR count). The summed E-state index contributed by atoms with van der Waals surface area (Å²) in [6.45, 7) is 2.76. The maximum absolute atomic E-state index is 5.55. The van der Waals surface area contributed by atoms with Crippen molar-refractivity contribution in [2.45, 2.75) is 19.1 Å². The molecule has 0 radical (unpaired) electrons. The summed E-state index contributed by atoms with van der Waals surface area (Å²) < 4.78 is 5.28. The average Bonchev–Trinajstić information content (AvgIpc) is 2.86. The van der Waals surface area contributed by atoms with E-state index in [0.29, 0.717) is 12.4 Å². The predicted molar refractivity (Wildman–Crippen MR) is 74.3 cm³/mol. The van der Waals surface area contributed by atoms with Crippen LogP contribution in [0.2, 0.25) is 0 Å². The van der Waals surface area contributed by atoms with Crippen LogP contribution in [0.15, 0.2) is 28.8 Å². The van der Waals surface area contributed by atoms with Gasteiger partial charge in [0.05, 0.1) is 5.75 Å². The summed E-state index contributed by atoms with van der Waals surface area (Å²) in [5.41, 5.74) is 7.71. The molecule has 0 aliphatic heterocycles. The van der Waals surface area contributed by atoms with Crippen molar-refractivity contribution in [2.24, 2.45) is 5.73 Å². The first-order chi connectivity index (χ1) is 8.83. The van der Waals surface area contributed by atoms with Crippen LogP contribution in [-0.4, -0.2) is 22.4 Å². The standard InChI is InChI=1S/C13H17N3OS/c1-2-18-9-12-15-13(17-16-12)11-5-3-4-10(8-11)6-7-14/h3-5,8H,2,6-7,9,14H2,1H3. The van der Waals surface area contributed by atoms with Crippen LogP contribution in [0.5, 0.6) is 0 Å². The van der Waals surface area contributed by atoms with Gasteiger partial charge in [0.1, 0.15) is 0 Å². The van der Waals surface area contributed by atoms with E-state index in [1.807, 2.05) is 12.1 Å². The highest BCUT2D eigenvalue weighted by atomic mass is 32.2. The third-order valence-electron chi connectivity index (χ3n) is 2.51. The van der Waals surface area contributed by atoms with Crippen LogP contribution in [0.3, 0.4) is 0 Å². The summed E-state index contributed by atoms with van der Waals surface area (Å²) in [6, 6.07) is 8.08. The Hall–Kier alpha value is -1.33. The van der Waals surface area contributed by atoms with E-state index >= 15 is 0 Å². The van der Waals surface area contributed by atoms with Crippen LogP contribution in [0.1, 0.15) is 18.3 Å². The summed E-state index contributed by atoms with van der Waals surface area (Å²) in [5, 5.41) is 3.97. The zero-order valence-electron chi connectivity index (χ0n) is 10.4. The van der Waals surface area contributed by atoms with Gasteiger partial charge in [-0.1, -0.05) is 24.2 Å². The van der Waals surface area contributed by atoms with Gasteiger partial charge in [-0.3, -0.25) is 0 Å². The zero-order valence-corrected chi connectivity index (χ0v) is 11.2. The summed E-state index contributed by atoms with van der Waals surface area (Å²) in [6.07, 6.45) is 0.862. The Labute approximate surface area is 111 Å². The molecule has 0 saturated heterocycles. The molecule has 2 N–H and O–H groups in total. The molecule has 0 atom stereocenters. The maximum Gasteiger partial charge on any atom is 0.257 e. The predicted octanol–water partition coefficient (Wildman–Crippen LogP) is 2.49. The number of nitrogens with two attached hydrogens (primary N) is 1. The second kappa shape index (κ2) is 6.56. The third kappa shape index (κ3) is 3.34. The lowest BCUT2D eigenvalue weighted by atomic mass is 10.1. The molecule has 0 bridgehead atoms. The Bertz CT molecular complexity index is 498. The van der Waals surface area contributed by atoms with Crippen LogP contribution in [0.25, 0.3) is 11.5 Å². The van der Waals surface area contributed by atoms with Crippen LogP contribution < -0.4 is 5.73 Å². The highest BCUT2D eigenvalue weighted by Gasteiger charge is 2.08. The van der Waals surface area contributed by atoms with E-state index in [1.165, 1.54) is 5.56 Å². The van der Waals surface area contributed by atoms with Crippen LogP contribution in [-0.2, 0) is 12.2 Å². The number of thioether (sulfide) groups is 1. The first kappa shape index (κ1) is 13.1. The van der Waals surface area contributed by atoms with Gasteiger partial charge in [0, 0.05) is 5.56 Å². The van der Waals surface area contributed by atoms with Crippen molar-refractivity contribution in [1.29, 1.82) is 0 Å². The fourth-order valence-corrected chi connectivity index (χ4v) is 2.15. The second-order valence-electron chi connectivity index (χ2n) is 3.89. The highest BCUT2D eigenvalue weighted by Crippen LogP contribution is 2.20. The van der Waals surface area contributed by atoms with Gasteiger partial charge >= 0.3 is 0 Å². The lowest BCUT2D eigenvalue weighted by Gasteiger charge is -1.99. The van der Waals surface area contributed by atoms with Gasteiger partial charge in [-0.05, 0) is 36.4 Å².